The fraction of sp³-hybridized carbons (Fsp3) is 0.238. The molecule has 2 aromatic rings. The van der Waals surface area contributed by atoms with E-state index in [1.807, 2.05) is 86.5 Å². The number of benzene rings is 2. The molecule has 8 heteroatoms. The number of anilines is 2. The molecule has 2 aromatic carbocycles. The van der Waals surface area contributed by atoms with Crippen LogP contribution in [0.4, 0.5) is 11.4 Å². The van der Waals surface area contributed by atoms with Gasteiger partial charge in [-0.1, -0.05) is 0 Å². The highest BCUT2D eigenvalue weighted by Gasteiger charge is 2.02. The van der Waals surface area contributed by atoms with E-state index in [-0.39, 0.29) is 5.78 Å². The summed E-state index contributed by atoms with van der Waals surface area (Å²) in [5.41, 5.74) is 3.70. The molecule has 0 atom stereocenters. The predicted molar refractivity (Wildman–Crippen MR) is 119 cm³/mol. The maximum atomic E-state index is 10.9. The molecule has 0 radical (unpaired) electrons. The number of hydrogen-bond donors (Lipinski definition) is 0. The predicted octanol–water partition coefficient (Wildman–Crippen LogP) is 4.04. The van der Waals surface area contributed by atoms with Crippen molar-refractivity contribution in [3.63, 3.8) is 0 Å². The van der Waals surface area contributed by atoms with Gasteiger partial charge in [-0.3, -0.25) is 19.2 Å². The molecule has 0 aliphatic rings. The molecule has 0 spiro atoms. The number of hydrogen-bond acceptors (Lipinski definition) is 6. The highest BCUT2D eigenvalue weighted by Crippen LogP contribution is 2.12. The second-order valence-electron chi connectivity index (χ2n) is 6.15. The lowest BCUT2D eigenvalue weighted by atomic mass is 10.1. The molecule has 0 unspecified atom stereocenters. The average molecular weight is 439 g/mol. The van der Waals surface area contributed by atoms with Gasteiger partial charge < -0.3 is 9.80 Å². The van der Waals surface area contributed by atoms with Crippen LogP contribution in [0.25, 0.3) is 0 Å². The number of Topliss-reactive ketones (excluding diaryl/α,β-unsaturated/α-hetero) is 1. The van der Waals surface area contributed by atoms with Gasteiger partial charge in [-0.2, -0.15) is 0 Å². The number of ketones is 1. The third kappa shape index (κ3) is 11.0. The van der Waals surface area contributed by atoms with Crippen molar-refractivity contribution in [3.8, 4) is 0 Å². The zero-order chi connectivity index (χ0) is 22.6. The van der Waals surface area contributed by atoms with E-state index >= 15 is 0 Å². The van der Waals surface area contributed by atoms with Gasteiger partial charge in [-0.15, -0.1) is 0 Å². The largest absolute Gasteiger partial charge is 0.378 e. The molecule has 0 N–H and O–H groups in total. The lowest BCUT2D eigenvalue weighted by Gasteiger charge is -2.11. The van der Waals surface area contributed by atoms with E-state index in [9.17, 15) is 19.2 Å². The van der Waals surface area contributed by atoms with Crippen molar-refractivity contribution in [1.29, 1.82) is 0 Å². The van der Waals surface area contributed by atoms with Crippen LogP contribution in [-0.2, 0) is 9.59 Å². The summed E-state index contributed by atoms with van der Waals surface area (Å²) in [6, 6.07) is 15.0. The van der Waals surface area contributed by atoms with E-state index in [1.165, 1.54) is 0 Å². The van der Waals surface area contributed by atoms with Crippen LogP contribution >= 0.6 is 23.2 Å². The Hall–Kier alpha value is -2.70. The molecule has 156 valence electrons. The Morgan fingerprint density at radius 2 is 1.07 bits per heavy atom. The molecule has 0 heterocycles. The van der Waals surface area contributed by atoms with Crippen molar-refractivity contribution in [2.45, 2.75) is 6.92 Å². The fourth-order valence-electron chi connectivity index (χ4n) is 1.85. The highest BCUT2D eigenvalue weighted by atomic mass is 35.5. The molecule has 0 amide bonds. The van der Waals surface area contributed by atoms with E-state index in [2.05, 4.69) is 23.2 Å². The van der Waals surface area contributed by atoms with Gasteiger partial charge in [0.05, 0.1) is 0 Å². The number of halogens is 2. The molecular formula is C21H24Cl2N2O4. The highest BCUT2D eigenvalue weighted by molar-refractivity contribution is 6.97. The summed E-state index contributed by atoms with van der Waals surface area (Å²) in [4.78, 5) is 44.0. The van der Waals surface area contributed by atoms with Crippen molar-refractivity contribution in [3.05, 3.63) is 59.7 Å². The van der Waals surface area contributed by atoms with E-state index in [1.54, 1.807) is 6.92 Å². The summed E-state index contributed by atoms with van der Waals surface area (Å²) >= 11 is 8.98. The fourth-order valence-corrected chi connectivity index (χ4v) is 1.85. The maximum Gasteiger partial charge on any atom is 0.304 e. The number of aldehydes is 1. The molecular weight excluding hydrogens is 415 g/mol. The summed E-state index contributed by atoms with van der Waals surface area (Å²) in [6.07, 6.45) is 0.847. The lowest BCUT2D eigenvalue weighted by molar-refractivity contribution is -0.127. The molecule has 6 nitrogen and oxygen atoms in total. The summed E-state index contributed by atoms with van der Waals surface area (Å²) in [5, 5.41) is -2.28. The molecule has 2 rings (SSSR count). The van der Waals surface area contributed by atoms with E-state index in [0.717, 1.165) is 28.8 Å². The smallest absolute Gasteiger partial charge is 0.304 e. The number of carbonyl (C=O) groups is 4. The molecule has 0 aliphatic carbocycles. The van der Waals surface area contributed by atoms with E-state index in [4.69, 9.17) is 0 Å². The van der Waals surface area contributed by atoms with Crippen molar-refractivity contribution in [2.75, 3.05) is 38.0 Å². The quantitative estimate of drug-likeness (QED) is 0.303. The Morgan fingerprint density at radius 1 is 0.724 bits per heavy atom. The monoisotopic (exact) mass is 438 g/mol. The van der Waals surface area contributed by atoms with Crippen LogP contribution in [0.5, 0.6) is 0 Å². The number of rotatable bonds is 5. The second kappa shape index (κ2) is 13.5. The SMILES string of the molecule is CC(=O)c1ccc(N(C)C)cc1.CN(C)c1ccc(C=O)cc1.O=C(Cl)C(=O)Cl. The molecule has 0 aliphatic heterocycles. The van der Waals surface area contributed by atoms with Crippen LogP contribution in [0, 0.1) is 0 Å². The number of carbonyl (C=O) groups excluding carboxylic acids is 4. The van der Waals surface area contributed by atoms with Crippen molar-refractivity contribution in [2.24, 2.45) is 0 Å². The van der Waals surface area contributed by atoms with Crippen molar-refractivity contribution < 1.29 is 19.2 Å². The minimum absolute atomic E-state index is 0.111. The molecule has 0 fully saturated rings. The number of nitrogens with zero attached hydrogens (tertiary/aromatic N) is 2. The normalized spacial score (nSPS) is 9.07. The Morgan fingerprint density at radius 3 is 1.31 bits per heavy atom. The standard InChI is InChI=1S/C10H13NO.C9H11NO.C2Cl2O2/c1-8(12)9-4-6-10(7-5-9)11(2)3;1-10(2)9-5-3-8(7-11)4-6-9;3-1(5)2(4)6/h4-7H,1-3H3;3-7H,1-2H3;. The van der Waals surface area contributed by atoms with Crippen molar-refractivity contribution >= 4 is 57.1 Å². The lowest BCUT2D eigenvalue weighted by Crippen LogP contribution is -2.08. The van der Waals surface area contributed by atoms with Gasteiger partial charge in [-0.05, 0) is 78.7 Å². The summed E-state index contributed by atoms with van der Waals surface area (Å²) in [5.74, 6) is 0.111. The van der Waals surface area contributed by atoms with E-state index in [0.29, 0.717) is 0 Å². The van der Waals surface area contributed by atoms with Gasteiger partial charge in [-0.25, -0.2) is 0 Å². The first kappa shape index (κ1) is 26.3. The van der Waals surface area contributed by atoms with Crippen LogP contribution < -0.4 is 9.80 Å². The summed E-state index contributed by atoms with van der Waals surface area (Å²) in [6.45, 7) is 1.57. The zero-order valence-electron chi connectivity index (χ0n) is 17.0. The van der Waals surface area contributed by atoms with Gasteiger partial charge in [0.1, 0.15) is 6.29 Å². The van der Waals surface area contributed by atoms with E-state index < -0.39 is 10.5 Å². The Bertz CT molecular complexity index is 806. The minimum Gasteiger partial charge on any atom is -0.378 e. The third-order valence-corrected chi connectivity index (χ3v) is 3.93. The van der Waals surface area contributed by atoms with Gasteiger partial charge in [0.25, 0.3) is 0 Å². The maximum absolute atomic E-state index is 10.9. The first-order valence-corrected chi connectivity index (χ1v) is 9.15. The second-order valence-corrected chi connectivity index (χ2v) is 6.84. The molecule has 0 saturated heterocycles. The van der Waals surface area contributed by atoms with Gasteiger partial charge in [0.15, 0.2) is 5.78 Å². The molecule has 0 saturated carbocycles. The summed E-state index contributed by atoms with van der Waals surface area (Å²) < 4.78 is 0. The van der Waals surface area contributed by atoms with Gasteiger partial charge in [0, 0.05) is 50.7 Å². The van der Waals surface area contributed by atoms with Crippen LogP contribution in [-0.4, -0.2) is 50.7 Å². The van der Waals surface area contributed by atoms with Crippen LogP contribution in [0.3, 0.4) is 0 Å². The Labute approximate surface area is 181 Å². The van der Waals surface area contributed by atoms with Gasteiger partial charge in [0.2, 0.25) is 0 Å². The molecule has 0 aromatic heterocycles. The van der Waals surface area contributed by atoms with Crippen molar-refractivity contribution in [1.82, 2.24) is 0 Å². The Balaban J connectivity index is 0.000000430. The topological polar surface area (TPSA) is 74.8 Å². The first-order valence-electron chi connectivity index (χ1n) is 8.39. The minimum atomic E-state index is -1.14. The van der Waals surface area contributed by atoms with Gasteiger partial charge >= 0.3 is 10.5 Å². The molecule has 0 bridgehead atoms. The summed E-state index contributed by atoms with van der Waals surface area (Å²) in [7, 11) is 7.89. The zero-order valence-corrected chi connectivity index (χ0v) is 18.5. The Kier molecular flexibility index (Phi) is 12.2. The first-order chi connectivity index (χ1) is 13.5. The van der Waals surface area contributed by atoms with Crippen LogP contribution in [0.15, 0.2) is 48.5 Å². The van der Waals surface area contributed by atoms with Crippen LogP contribution in [0.1, 0.15) is 27.6 Å². The average Bonchev–Trinajstić information content (AvgIpc) is 2.68. The third-order valence-electron chi connectivity index (χ3n) is 3.49. The van der Waals surface area contributed by atoms with Crippen LogP contribution in [0.2, 0.25) is 0 Å². The molecule has 29 heavy (non-hydrogen) atoms.